The average molecular weight is 407 g/mol. The number of nitrogens with two attached hydrogens (primary N) is 1. The number of imidazole rings is 1. The molecule has 2 aromatic heterocycles. The minimum atomic E-state index is 0.431. The van der Waals surface area contributed by atoms with Gasteiger partial charge in [0.1, 0.15) is 6.07 Å². The third kappa shape index (κ3) is 3.48. The van der Waals surface area contributed by atoms with Crippen LogP contribution in [0.3, 0.4) is 0 Å². The summed E-state index contributed by atoms with van der Waals surface area (Å²) in [6.45, 7) is 0. The van der Waals surface area contributed by atoms with Gasteiger partial charge in [0.25, 0.3) is 0 Å². The van der Waals surface area contributed by atoms with Crippen molar-refractivity contribution in [3.63, 3.8) is 0 Å². The second kappa shape index (κ2) is 7.43. The van der Waals surface area contributed by atoms with Crippen LogP contribution >= 0.6 is 23.4 Å². The average Bonchev–Trinajstić information content (AvgIpc) is 3.09. The number of fused-ring (bicyclic) bond motifs is 1. The smallest absolute Gasteiger partial charge is 0.172 e. The molecule has 4 aromatic rings. The molecular weight excluding hydrogens is 392 g/mol. The van der Waals surface area contributed by atoms with Crippen LogP contribution < -0.4 is 11.1 Å². The lowest BCUT2D eigenvalue weighted by atomic mass is 10.1. The summed E-state index contributed by atoms with van der Waals surface area (Å²) in [7, 11) is 1.93. The van der Waals surface area contributed by atoms with Gasteiger partial charge >= 0.3 is 0 Å². The first-order valence-electron chi connectivity index (χ1n) is 8.35. The van der Waals surface area contributed by atoms with E-state index in [2.05, 4.69) is 21.4 Å². The van der Waals surface area contributed by atoms with Gasteiger partial charge in [-0.1, -0.05) is 23.4 Å². The largest absolute Gasteiger partial charge is 0.399 e. The van der Waals surface area contributed by atoms with Gasteiger partial charge in [0.05, 0.1) is 21.8 Å². The number of anilines is 3. The van der Waals surface area contributed by atoms with Crippen molar-refractivity contribution < 1.29 is 0 Å². The van der Waals surface area contributed by atoms with Gasteiger partial charge in [0.15, 0.2) is 5.16 Å². The van der Waals surface area contributed by atoms with Gasteiger partial charge in [-0.15, -0.1) is 0 Å². The predicted molar refractivity (Wildman–Crippen MR) is 113 cm³/mol. The lowest BCUT2D eigenvalue weighted by Crippen LogP contribution is -1.98. The summed E-state index contributed by atoms with van der Waals surface area (Å²) in [6, 6.07) is 13.3. The SMILES string of the molecule is Cn1ccnc1Sc1ccc(Nc2c(C#N)cnc3ccc(N)cc23)cc1Cl. The molecule has 0 saturated heterocycles. The highest BCUT2D eigenvalue weighted by Crippen LogP contribution is 2.36. The molecule has 2 aromatic carbocycles. The highest BCUT2D eigenvalue weighted by Gasteiger charge is 2.12. The summed E-state index contributed by atoms with van der Waals surface area (Å²) in [5.74, 6) is 0. The van der Waals surface area contributed by atoms with E-state index in [0.29, 0.717) is 22.0 Å². The van der Waals surface area contributed by atoms with Crippen LogP contribution in [0.2, 0.25) is 5.02 Å². The molecule has 0 aliphatic heterocycles. The number of hydrogen-bond donors (Lipinski definition) is 2. The van der Waals surface area contributed by atoms with Crippen molar-refractivity contribution in [1.29, 1.82) is 5.26 Å². The molecule has 0 amide bonds. The van der Waals surface area contributed by atoms with E-state index in [1.807, 2.05) is 42.1 Å². The molecule has 0 saturated carbocycles. The Hall–Kier alpha value is -3.21. The normalized spacial score (nSPS) is 10.8. The van der Waals surface area contributed by atoms with Gasteiger partial charge in [0, 0.05) is 47.3 Å². The Balaban J connectivity index is 1.70. The molecule has 0 spiro atoms. The molecule has 4 rings (SSSR count). The van der Waals surface area contributed by atoms with Crippen LogP contribution in [0.15, 0.2) is 65.0 Å². The second-order valence-corrected chi connectivity index (χ2v) is 7.54. The maximum absolute atomic E-state index is 9.49. The van der Waals surface area contributed by atoms with E-state index >= 15 is 0 Å². The second-order valence-electron chi connectivity index (χ2n) is 6.13. The molecule has 28 heavy (non-hydrogen) atoms. The van der Waals surface area contributed by atoms with Crippen LogP contribution in [0.1, 0.15) is 5.56 Å². The van der Waals surface area contributed by atoms with Crippen molar-refractivity contribution in [3.05, 3.63) is 65.6 Å². The third-order valence-corrected chi connectivity index (χ3v) is 5.77. The van der Waals surface area contributed by atoms with E-state index in [4.69, 9.17) is 17.3 Å². The first-order valence-corrected chi connectivity index (χ1v) is 9.54. The Labute approximate surface area is 171 Å². The van der Waals surface area contributed by atoms with Crippen molar-refractivity contribution >= 4 is 51.3 Å². The molecule has 0 bridgehead atoms. The van der Waals surface area contributed by atoms with Crippen molar-refractivity contribution in [3.8, 4) is 6.07 Å². The minimum absolute atomic E-state index is 0.431. The van der Waals surface area contributed by atoms with Crippen molar-refractivity contribution in [2.24, 2.45) is 7.05 Å². The summed E-state index contributed by atoms with van der Waals surface area (Å²) < 4.78 is 1.93. The number of nitrogen functional groups attached to an aromatic ring is 1. The fraction of sp³-hybridized carbons (Fsp3) is 0.0500. The first kappa shape index (κ1) is 18.2. The Kier molecular flexibility index (Phi) is 4.82. The zero-order valence-corrected chi connectivity index (χ0v) is 16.4. The fourth-order valence-corrected chi connectivity index (χ4v) is 3.89. The fourth-order valence-electron chi connectivity index (χ4n) is 2.78. The summed E-state index contributed by atoms with van der Waals surface area (Å²) in [6.07, 6.45) is 5.18. The molecule has 0 aliphatic rings. The molecule has 6 nitrogen and oxygen atoms in total. The minimum Gasteiger partial charge on any atom is -0.399 e. The highest BCUT2D eigenvalue weighted by molar-refractivity contribution is 7.99. The lowest BCUT2D eigenvalue weighted by molar-refractivity contribution is 0.790. The molecule has 0 radical (unpaired) electrons. The molecule has 8 heteroatoms. The number of nitrogens with zero attached hydrogens (tertiary/aromatic N) is 4. The Morgan fingerprint density at radius 3 is 2.79 bits per heavy atom. The number of pyridine rings is 1. The number of benzene rings is 2. The van der Waals surface area contributed by atoms with Crippen LogP contribution in [-0.2, 0) is 7.05 Å². The molecule has 138 valence electrons. The standard InChI is InChI=1S/C20H15ClN6S/c1-27-7-6-24-20(27)28-18-5-3-14(9-16(18)21)26-19-12(10-22)11-25-17-4-2-13(23)8-15(17)19/h2-9,11H,23H2,1H3,(H,25,26). The topological polar surface area (TPSA) is 92.5 Å². The van der Waals surface area contributed by atoms with E-state index in [9.17, 15) is 5.26 Å². The number of halogens is 1. The Morgan fingerprint density at radius 1 is 1.21 bits per heavy atom. The summed E-state index contributed by atoms with van der Waals surface area (Å²) in [5.41, 5.74) is 9.13. The number of nitriles is 1. The summed E-state index contributed by atoms with van der Waals surface area (Å²) in [5, 5.41) is 15.0. The molecule has 2 heterocycles. The molecular formula is C20H15ClN6S. The number of aryl methyl sites for hydroxylation is 1. The Bertz CT molecular complexity index is 1230. The quantitative estimate of drug-likeness (QED) is 0.465. The zero-order chi connectivity index (χ0) is 19.7. The van der Waals surface area contributed by atoms with E-state index in [1.165, 1.54) is 11.8 Å². The van der Waals surface area contributed by atoms with Crippen molar-refractivity contribution in [2.75, 3.05) is 11.1 Å². The van der Waals surface area contributed by atoms with Crippen molar-refractivity contribution in [1.82, 2.24) is 14.5 Å². The zero-order valence-electron chi connectivity index (χ0n) is 14.8. The van der Waals surface area contributed by atoms with Crippen LogP contribution in [-0.4, -0.2) is 14.5 Å². The lowest BCUT2D eigenvalue weighted by Gasteiger charge is -2.13. The van der Waals surface area contributed by atoms with E-state index in [0.717, 1.165) is 26.6 Å². The van der Waals surface area contributed by atoms with Gasteiger partial charge in [-0.3, -0.25) is 4.98 Å². The summed E-state index contributed by atoms with van der Waals surface area (Å²) >= 11 is 7.97. The monoisotopic (exact) mass is 406 g/mol. The van der Waals surface area contributed by atoms with Gasteiger partial charge in [-0.2, -0.15) is 5.26 Å². The van der Waals surface area contributed by atoms with E-state index in [1.54, 1.807) is 24.5 Å². The third-order valence-electron chi connectivity index (χ3n) is 4.19. The number of hydrogen-bond acceptors (Lipinski definition) is 6. The van der Waals surface area contributed by atoms with Gasteiger partial charge in [-0.05, 0) is 36.4 Å². The maximum atomic E-state index is 9.49. The summed E-state index contributed by atoms with van der Waals surface area (Å²) in [4.78, 5) is 9.52. The van der Waals surface area contributed by atoms with Crippen LogP contribution in [0, 0.1) is 11.3 Å². The van der Waals surface area contributed by atoms with Crippen LogP contribution in [0.4, 0.5) is 17.1 Å². The Morgan fingerprint density at radius 2 is 2.07 bits per heavy atom. The van der Waals surface area contributed by atoms with Crippen LogP contribution in [0.5, 0.6) is 0 Å². The van der Waals surface area contributed by atoms with E-state index < -0.39 is 0 Å². The maximum Gasteiger partial charge on any atom is 0.172 e. The number of nitrogens with one attached hydrogen (secondary N) is 1. The van der Waals surface area contributed by atoms with Gasteiger partial charge in [0.2, 0.25) is 0 Å². The highest BCUT2D eigenvalue weighted by atomic mass is 35.5. The van der Waals surface area contributed by atoms with Gasteiger partial charge < -0.3 is 15.6 Å². The van der Waals surface area contributed by atoms with Crippen LogP contribution in [0.25, 0.3) is 10.9 Å². The molecule has 0 fully saturated rings. The predicted octanol–water partition coefficient (Wildman–Crippen LogP) is 4.97. The number of rotatable bonds is 4. The number of aromatic nitrogens is 3. The molecule has 0 atom stereocenters. The first-order chi connectivity index (χ1) is 13.5. The van der Waals surface area contributed by atoms with Gasteiger partial charge in [-0.25, -0.2) is 4.98 Å². The molecule has 0 unspecified atom stereocenters. The molecule has 3 N–H and O–H groups in total. The molecule has 0 aliphatic carbocycles. The van der Waals surface area contributed by atoms with E-state index in [-0.39, 0.29) is 0 Å². The van der Waals surface area contributed by atoms with Crippen molar-refractivity contribution in [2.45, 2.75) is 10.1 Å².